The summed E-state index contributed by atoms with van der Waals surface area (Å²) in [5.74, 6) is -2.10. The van der Waals surface area contributed by atoms with Crippen LogP contribution in [0.25, 0.3) is 0 Å². The summed E-state index contributed by atoms with van der Waals surface area (Å²) in [4.78, 5) is 38.5. The lowest BCUT2D eigenvalue weighted by Gasteiger charge is -2.24. The maximum atomic E-state index is 13.6. The highest BCUT2D eigenvalue weighted by molar-refractivity contribution is 6.00. The molecular formula is C22H25FN4O4. The number of hydrogen-bond acceptors (Lipinski definition) is 5. The molecule has 164 valence electrons. The number of halogens is 1. The van der Waals surface area contributed by atoms with Crippen molar-refractivity contribution >= 4 is 28.9 Å². The predicted octanol–water partition coefficient (Wildman–Crippen LogP) is 3.04. The fourth-order valence-corrected chi connectivity index (χ4v) is 3.69. The van der Waals surface area contributed by atoms with Crippen molar-refractivity contribution in [3.63, 3.8) is 0 Å². The van der Waals surface area contributed by atoms with Gasteiger partial charge in [-0.05, 0) is 43.7 Å². The maximum Gasteiger partial charge on any atom is 0.306 e. The average Bonchev–Trinajstić information content (AvgIpc) is 3.13. The van der Waals surface area contributed by atoms with Crippen LogP contribution in [0, 0.1) is 28.8 Å². The highest BCUT2D eigenvalue weighted by atomic mass is 19.1. The van der Waals surface area contributed by atoms with Crippen molar-refractivity contribution in [2.45, 2.75) is 20.3 Å². The predicted molar refractivity (Wildman–Crippen MR) is 116 cm³/mol. The van der Waals surface area contributed by atoms with E-state index in [1.807, 2.05) is 32.0 Å². The van der Waals surface area contributed by atoms with Crippen molar-refractivity contribution in [2.24, 2.45) is 5.92 Å². The van der Waals surface area contributed by atoms with Crippen molar-refractivity contribution in [1.82, 2.24) is 5.32 Å². The molecule has 1 aliphatic rings. The third kappa shape index (κ3) is 5.17. The summed E-state index contributed by atoms with van der Waals surface area (Å²) in [5, 5.41) is 13.8. The fourth-order valence-electron chi connectivity index (χ4n) is 3.69. The molecule has 1 saturated heterocycles. The number of nitro benzene ring substituents is 1. The molecule has 1 atom stereocenters. The van der Waals surface area contributed by atoms with Crippen molar-refractivity contribution in [1.29, 1.82) is 0 Å². The first-order chi connectivity index (χ1) is 14.8. The van der Waals surface area contributed by atoms with Crippen molar-refractivity contribution in [3.05, 3.63) is 64.0 Å². The molecule has 31 heavy (non-hydrogen) atoms. The van der Waals surface area contributed by atoms with Gasteiger partial charge in [-0.25, -0.2) is 0 Å². The molecule has 0 aromatic heterocycles. The van der Waals surface area contributed by atoms with Crippen LogP contribution in [-0.2, 0) is 9.59 Å². The van der Waals surface area contributed by atoms with Crippen LogP contribution in [0.1, 0.15) is 18.9 Å². The van der Waals surface area contributed by atoms with Gasteiger partial charge in [0.05, 0.1) is 16.5 Å². The lowest BCUT2D eigenvalue weighted by molar-refractivity contribution is -0.387. The van der Waals surface area contributed by atoms with Gasteiger partial charge in [0.1, 0.15) is 0 Å². The van der Waals surface area contributed by atoms with Crippen LogP contribution in [0.2, 0.25) is 0 Å². The van der Waals surface area contributed by atoms with Crippen LogP contribution in [0.5, 0.6) is 0 Å². The zero-order valence-electron chi connectivity index (χ0n) is 17.5. The van der Waals surface area contributed by atoms with Crippen LogP contribution in [-0.4, -0.2) is 42.9 Å². The highest BCUT2D eigenvalue weighted by Gasteiger charge is 2.35. The van der Waals surface area contributed by atoms with E-state index < -0.39 is 22.3 Å². The van der Waals surface area contributed by atoms with Gasteiger partial charge in [-0.1, -0.05) is 12.1 Å². The van der Waals surface area contributed by atoms with Gasteiger partial charge in [0, 0.05) is 44.4 Å². The van der Waals surface area contributed by atoms with Gasteiger partial charge < -0.3 is 15.1 Å². The Kier molecular flexibility index (Phi) is 6.84. The second-order valence-corrected chi connectivity index (χ2v) is 7.51. The molecule has 0 aliphatic carbocycles. The van der Waals surface area contributed by atoms with Crippen LogP contribution in [0.3, 0.4) is 0 Å². The Balaban J connectivity index is 1.58. The van der Waals surface area contributed by atoms with Crippen molar-refractivity contribution < 1.29 is 18.9 Å². The van der Waals surface area contributed by atoms with E-state index in [1.165, 1.54) is 11.0 Å². The normalized spacial score (nSPS) is 15.8. The van der Waals surface area contributed by atoms with Crippen LogP contribution in [0.15, 0.2) is 42.5 Å². The molecular weight excluding hydrogens is 403 g/mol. The third-order valence-electron chi connectivity index (χ3n) is 5.36. The van der Waals surface area contributed by atoms with Gasteiger partial charge >= 0.3 is 5.69 Å². The first kappa shape index (κ1) is 22.2. The molecule has 0 saturated carbocycles. The second kappa shape index (κ2) is 9.55. The van der Waals surface area contributed by atoms with Crippen LogP contribution in [0.4, 0.5) is 21.5 Å². The number of anilines is 2. The van der Waals surface area contributed by atoms with Gasteiger partial charge in [0.25, 0.3) is 0 Å². The molecule has 0 bridgehead atoms. The molecule has 0 radical (unpaired) electrons. The summed E-state index contributed by atoms with van der Waals surface area (Å²) in [7, 11) is 0. The summed E-state index contributed by atoms with van der Waals surface area (Å²) in [6.07, 6.45) is 0.00633. The minimum absolute atomic E-state index is 0.00633. The Bertz CT molecular complexity index is 997. The van der Waals surface area contributed by atoms with E-state index >= 15 is 0 Å². The summed E-state index contributed by atoms with van der Waals surface area (Å²) in [6.45, 7) is 6.01. The number of hydrogen-bond donors (Lipinski definition) is 1. The SMILES string of the molecule is CCN(CCNC(=O)C1CC(=O)N(c2ccc(F)c([N+](=O)[O-])c2)C1)c1cccc(C)c1. The van der Waals surface area contributed by atoms with Crippen molar-refractivity contribution in [3.8, 4) is 0 Å². The molecule has 2 aromatic carbocycles. The lowest BCUT2D eigenvalue weighted by atomic mass is 10.1. The van der Waals surface area contributed by atoms with Gasteiger partial charge in [-0.2, -0.15) is 4.39 Å². The Labute approximate surface area is 179 Å². The zero-order chi connectivity index (χ0) is 22.5. The molecule has 9 heteroatoms. The molecule has 1 N–H and O–H groups in total. The summed E-state index contributed by atoms with van der Waals surface area (Å²) < 4.78 is 13.6. The topological polar surface area (TPSA) is 95.8 Å². The summed E-state index contributed by atoms with van der Waals surface area (Å²) in [5.41, 5.74) is 1.75. The maximum absolute atomic E-state index is 13.6. The number of amides is 2. The van der Waals surface area contributed by atoms with E-state index in [9.17, 15) is 24.1 Å². The fraction of sp³-hybridized carbons (Fsp3) is 0.364. The van der Waals surface area contributed by atoms with Crippen LogP contribution < -0.4 is 15.1 Å². The van der Waals surface area contributed by atoms with Crippen molar-refractivity contribution in [2.75, 3.05) is 36.0 Å². The number of benzene rings is 2. The Hall–Kier alpha value is -3.49. The lowest BCUT2D eigenvalue weighted by Crippen LogP contribution is -2.38. The number of aryl methyl sites for hydroxylation is 1. The van der Waals surface area contributed by atoms with E-state index in [2.05, 4.69) is 16.3 Å². The largest absolute Gasteiger partial charge is 0.370 e. The minimum Gasteiger partial charge on any atom is -0.370 e. The Morgan fingerprint density at radius 1 is 1.32 bits per heavy atom. The van der Waals surface area contributed by atoms with E-state index in [0.29, 0.717) is 13.1 Å². The molecule has 2 aromatic rings. The molecule has 1 unspecified atom stereocenters. The molecule has 2 amide bonds. The number of likely N-dealkylation sites (N-methyl/N-ethyl adjacent to an activating group) is 1. The standard InChI is InChI=1S/C22H25FN4O4/c1-3-25(17-6-4-5-15(2)11-17)10-9-24-22(29)16-12-21(28)26(14-16)18-7-8-19(23)20(13-18)27(30)31/h4-8,11,13,16H,3,9-10,12,14H2,1-2H3,(H,24,29). The Morgan fingerprint density at radius 3 is 2.77 bits per heavy atom. The number of carbonyl (C=O) groups is 2. The molecule has 3 rings (SSSR count). The minimum atomic E-state index is -0.969. The third-order valence-corrected chi connectivity index (χ3v) is 5.36. The number of carbonyl (C=O) groups excluding carboxylic acids is 2. The number of nitro groups is 1. The second-order valence-electron chi connectivity index (χ2n) is 7.51. The van der Waals surface area contributed by atoms with Gasteiger partial charge in [0.2, 0.25) is 17.6 Å². The molecule has 1 aliphatic heterocycles. The molecule has 0 spiro atoms. The highest BCUT2D eigenvalue weighted by Crippen LogP contribution is 2.29. The van der Waals surface area contributed by atoms with Crippen LogP contribution >= 0.6 is 0 Å². The Morgan fingerprint density at radius 2 is 2.10 bits per heavy atom. The van der Waals surface area contributed by atoms with E-state index in [0.717, 1.165) is 29.9 Å². The molecule has 1 heterocycles. The molecule has 8 nitrogen and oxygen atoms in total. The smallest absolute Gasteiger partial charge is 0.306 e. The zero-order valence-corrected chi connectivity index (χ0v) is 17.5. The van der Waals surface area contributed by atoms with Gasteiger partial charge in [-0.3, -0.25) is 19.7 Å². The number of nitrogens with one attached hydrogen (secondary N) is 1. The quantitative estimate of drug-likeness (QED) is 0.515. The van der Waals surface area contributed by atoms with Gasteiger partial charge in [0.15, 0.2) is 0 Å². The summed E-state index contributed by atoms with van der Waals surface area (Å²) in [6, 6.07) is 11.4. The summed E-state index contributed by atoms with van der Waals surface area (Å²) >= 11 is 0. The average molecular weight is 428 g/mol. The van der Waals surface area contributed by atoms with E-state index in [4.69, 9.17) is 0 Å². The molecule has 1 fully saturated rings. The first-order valence-corrected chi connectivity index (χ1v) is 10.1. The van der Waals surface area contributed by atoms with Gasteiger partial charge in [-0.15, -0.1) is 0 Å². The van der Waals surface area contributed by atoms with E-state index in [-0.39, 0.29) is 30.5 Å². The van der Waals surface area contributed by atoms with E-state index in [1.54, 1.807) is 0 Å². The number of nitrogens with zero attached hydrogens (tertiary/aromatic N) is 3. The monoisotopic (exact) mass is 428 g/mol. The number of rotatable bonds is 8. The first-order valence-electron chi connectivity index (χ1n) is 10.1.